The van der Waals surface area contributed by atoms with Crippen LogP contribution in [0, 0.1) is 0 Å². The molecule has 4 aromatic carbocycles. The van der Waals surface area contributed by atoms with Gasteiger partial charge in [0.15, 0.2) is 0 Å². The van der Waals surface area contributed by atoms with Gasteiger partial charge in [-0.1, -0.05) is 113 Å². The van der Waals surface area contributed by atoms with Crippen LogP contribution in [-0.4, -0.2) is 5.11 Å². The molecule has 0 fully saturated rings. The smallest absolute Gasteiger partial charge is 0.123 e. The van der Waals surface area contributed by atoms with E-state index in [1.807, 2.05) is 30.3 Å². The van der Waals surface area contributed by atoms with E-state index >= 15 is 0 Å². The van der Waals surface area contributed by atoms with Gasteiger partial charge in [0.2, 0.25) is 0 Å². The summed E-state index contributed by atoms with van der Waals surface area (Å²) in [6.07, 6.45) is 1.69. The molecule has 0 heterocycles. The molecule has 2 nitrogen and oxygen atoms in total. The van der Waals surface area contributed by atoms with Crippen molar-refractivity contribution in [3.05, 3.63) is 125 Å². The molecule has 0 saturated carbocycles. The minimum absolute atomic E-state index is 0.139. The highest BCUT2D eigenvalue weighted by molar-refractivity contribution is 7.48. The first kappa shape index (κ1) is 23.1. The van der Waals surface area contributed by atoms with Gasteiger partial charge in [-0.3, -0.25) is 0 Å². The summed E-state index contributed by atoms with van der Waals surface area (Å²) in [7, 11) is 0.553. The Morgan fingerprint density at radius 1 is 0.758 bits per heavy atom. The molecule has 4 rings (SSSR count). The zero-order valence-corrected chi connectivity index (χ0v) is 20.4. The Hall–Kier alpha value is -3.09. The molecule has 0 bridgehead atoms. The van der Waals surface area contributed by atoms with Crippen LogP contribution in [0.5, 0.6) is 5.75 Å². The maximum atomic E-state index is 11.3. The van der Waals surface area contributed by atoms with Crippen molar-refractivity contribution in [2.75, 3.05) is 5.32 Å². The predicted octanol–water partition coefficient (Wildman–Crippen LogP) is 7.22. The van der Waals surface area contributed by atoms with Crippen LogP contribution in [-0.2, 0) is 18.1 Å². The minimum atomic E-state index is -0.139. The fourth-order valence-corrected chi connectivity index (χ4v) is 5.81. The van der Waals surface area contributed by atoms with Crippen molar-refractivity contribution in [1.29, 1.82) is 0 Å². The molecule has 0 radical (unpaired) electrons. The van der Waals surface area contributed by atoms with Crippen molar-refractivity contribution in [3.8, 4) is 5.75 Å². The zero-order valence-electron chi connectivity index (χ0n) is 19.4. The summed E-state index contributed by atoms with van der Waals surface area (Å²) >= 11 is 0. The number of hydrogen-bond donors (Lipinski definition) is 2. The highest BCUT2D eigenvalue weighted by Gasteiger charge is 2.29. The molecule has 0 amide bonds. The molecule has 2 N–H and O–H groups in total. The summed E-state index contributed by atoms with van der Waals surface area (Å²) in [6, 6.07) is 35.6. The highest BCUT2D eigenvalue weighted by atomic mass is 31.1. The topological polar surface area (TPSA) is 32.3 Å². The monoisotopic (exact) mass is 453 g/mol. The maximum Gasteiger partial charge on any atom is 0.123 e. The Labute approximate surface area is 199 Å². The van der Waals surface area contributed by atoms with Gasteiger partial charge in [-0.2, -0.15) is 0 Å². The van der Waals surface area contributed by atoms with E-state index in [1.165, 1.54) is 16.4 Å². The Bertz CT molecular complexity index is 1180. The van der Waals surface area contributed by atoms with E-state index in [0.717, 1.165) is 36.2 Å². The van der Waals surface area contributed by atoms with Gasteiger partial charge in [-0.25, -0.2) is 0 Å². The van der Waals surface area contributed by atoms with Crippen molar-refractivity contribution in [1.82, 2.24) is 0 Å². The third-order valence-electron chi connectivity index (χ3n) is 6.34. The van der Waals surface area contributed by atoms with E-state index in [2.05, 4.69) is 92.0 Å². The van der Waals surface area contributed by atoms with Gasteiger partial charge >= 0.3 is 0 Å². The number of phenolic OH excluding ortho intramolecular Hbond substituents is 1. The van der Waals surface area contributed by atoms with Crippen LogP contribution in [0.2, 0.25) is 0 Å². The van der Waals surface area contributed by atoms with E-state index < -0.39 is 0 Å². The van der Waals surface area contributed by atoms with Crippen LogP contribution in [0.15, 0.2) is 103 Å². The lowest BCUT2D eigenvalue weighted by molar-refractivity contribution is 0.451. The number of phenols is 1. The Morgan fingerprint density at radius 2 is 1.39 bits per heavy atom. The number of nitrogens with one attached hydrogen (secondary N) is 1. The lowest BCUT2D eigenvalue weighted by Gasteiger charge is -2.31. The molecule has 0 aliphatic rings. The predicted molar refractivity (Wildman–Crippen MR) is 143 cm³/mol. The van der Waals surface area contributed by atoms with Crippen LogP contribution in [0.4, 0.5) is 5.69 Å². The van der Waals surface area contributed by atoms with E-state index in [4.69, 9.17) is 0 Å². The number of para-hydroxylation sites is 2. The zero-order chi connectivity index (χ0) is 23.1. The first-order valence-electron chi connectivity index (χ1n) is 11.6. The van der Waals surface area contributed by atoms with Gasteiger partial charge in [0, 0.05) is 29.4 Å². The lowest BCUT2D eigenvalue weighted by atomic mass is 9.92. The Balaban J connectivity index is 1.59. The second kappa shape index (κ2) is 10.7. The van der Waals surface area contributed by atoms with Gasteiger partial charge in [-0.15, -0.1) is 0 Å². The number of hydrogen-bond acceptors (Lipinski definition) is 2. The SMILES string of the molecule is CCC(C)(Pc1ccccc1CNc1ccccc1)c1cccc(Cc2ccccc2)c1O. The summed E-state index contributed by atoms with van der Waals surface area (Å²) in [4.78, 5) is 0. The lowest BCUT2D eigenvalue weighted by Crippen LogP contribution is -2.21. The van der Waals surface area contributed by atoms with Gasteiger partial charge in [0.25, 0.3) is 0 Å². The number of benzene rings is 4. The molecule has 4 aromatic rings. The summed E-state index contributed by atoms with van der Waals surface area (Å²) in [5.74, 6) is 0.443. The van der Waals surface area contributed by atoms with Crippen LogP contribution < -0.4 is 10.6 Å². The second-order valence-corrected chi connectivity index (χ2v) is 10.6. The maximum absolute atomic E-state index is 11.3. The summed E-state index contributed by atoms with van der Waals surface area (Å²) < 4.78 is 0. The fourth-order valence-electron chi connectivity index (χ4n) is 4.19. The van der Waals surface area contributed by atoms with Crippen molar-refractivity contribution in [3.63, 3.8) is 0 Å². The molecule has 2 atom stereocenters. The van der Waals surface area contributed by atoms with Gasteiger partial charge in [0.05, 0.1) is 0 Å². The van der Waals surface area contributed by atoms with Crippen LogP contribution in [0.3, 0.4) is 0 Å². The molecule has 0 aliphatic heterocycles. The highest BCUT2D eigenvalue weighted by Crippen LogP contribution is 2.48. The molecule has 0 aromatic heterocycles. The van der Waals surface area contributed by atoms with Crippen molar-refractivity contribution in [2.24, 2.45) is 0 Å². The largest absolute Gasteiger partial charge is 0.507 e. The molecule has 0 spiro atoms. The second-order valence-electron chi connectivity index (χ2n) is 8.66. The third-order valence-corrected chi connectivity index (χ3v) is 8.28. The molecule has 168 valence electrons. The van der Waals surface area contributed by atoms with Crippen LogP contribution in [0.25, 0.3) is 0 Å². The Kier molecular flexibility index (Phi) is 7.47. The van der Waals surface area contributed by atoms with E-state index in [0.29, 0.717) is 14.3 Å². The van der Waals surface area contributed by atoms with Crippen LogP contribution >= 0.6 is 8.58 Å². The molecule has 0 aliphatic carbocycles. The number of rotatable bonds is 9. The van der Waals surface area contributed by atoms with Crippen molar-refractivity contribution in [2.45, 2.75) is 38.4 Å². The normalized spacial score (nSPS) is 13.2. The van der Waals surface area contributed by atoms with E-state index in [9.17, 15) is 5.11 Å². The molecule has 3 heteroatoms. The molecule has 33 heavy (non-hydrogen) atoms. The van der Waals surface area contributed by atoms with Crippen molar-refractivity contribution < 1.29 is 5.11 Å². The molecule has 0 saturated heterocycles. The standard InChI is InChI=1S/C30H32NOP/c1-3-30(2,27-19-12-16-24(29(27)32)21-23-13-6-4-7-14-23)33-28-20-11-10-15-25(28)22-31-26-17-8-5-9-18-26/h4-20,31-33H,3,21-22H2,1-2H3. The minimum Gasteiger partial charge on any atom is -0.507 e. The van der Waals surface area contributed by atoms with Crippen LogP contribution in [0.1, 0.15) is 42.5 Å². The summed E-state index contributed by atoms with van der Waals surface area (Å²) in [5.41, 5.74) is 5.67. The third kappa shape index (κ3) is 5.64. The number of anilines is 1. The van der Waals surface area contributed by atoms with Crippen molar-refractivity contribution >= 4 is 19.6 Å². The first-order valence-corrected chi connectivity index (χ1v) is 12.6. The summed E-state index contributed by atoms with van der Waals surface area (Å²) in [6.45, 7) is 5.29. The average Bonchev–Trinajstić information content (AvgIpc) is 2.86. The first-order chi connectivity index (χ1) is 16.1. The van der Waals surface area contributed by atoms with E-state index in [-0.39, 0.29) is 5.16 Å². The molecule has 2 unspecified atom stereocenters. The van der Waals surface area contributed by atoms with Gasteiger partial charge < -0.3 is 10.4 Å². The molecular formula is C30H32NOP. The van der Waals surface area contributed by atoms with Gasteiger partial charge in [-0.05, 0) is 40.5 Å². The Morgan fingerprint density at radius 3 is 2.12 bits per heavy atom. The molecular weight excluding hydrogens is 421 g/mol. The quantitative estimate of drug-likeness (QED) is 0.262. The van der Waals surface area contributed by atoms with Gasteiger partial charge in [0.1, 0.15) is 5.75 Å². The number of aromatic hydroxyl groups is 1. The fraction of sp³-hybridized carbons (Fsp3) is 0.200. The van der Waals surface area contributed by atoms with E-state index in [1.54, 1.807) is 0 Å². The average molecular weight is 454 g/mol. The summed E-state index contributed by atoms with van der Waals surface area (Å²) in [5, 5.41) is 16.1.